The van der Waals surface area contributed by atoms with E-state index in [0.717, 1.165) is 23.9 Å². The smallest absolute Gasteiger partial charge is 0.250 e. The molecule has 0 spiro atoms. The van der Waals surface area contributed by atoms with Crippen molar-refractivity contribution in [2.24, 2.45) is 5.92 Å². The van der Waals surface area contributed by atoms with Crippen LogP contribution in [-0.4, -0.2) is 26.3 Å². The Bertz CT molecular complexity index is 352. The first-order valence-corrected chi connectivity index (χ1v) is 10.2. The molecule has 0 amide bonds. The van der Waals surface area contributed by atoms with Gasteiger partial charge in [-0.2, -0.15) is 0 Å². The molecule has 110 valence electrons. The highest BCUT2D eigenvalue weighted by atomic mass is 28.4. The van der Waals surface area contributed by atoms with Crippen molar-refractivity contribution in [1.29, 1.82) is 0 Å². The van der Waals surface area contributed by atoms with Crippen molar-refractivity contribution in [3.05, 3.63) is 11.8 Å². The van der Waals surface area contributed by atoms with Gasteiger partial charge in [0, 0.05) is 5.92 Å². The fourth-order valence-electron chi connectivity index (χ4n) is 3.15. The van der Waals surface area contributed by atoms with E-state index < -0.39 is 14.1 Å². The first-order valence-electron chi connectivity index (χ1n) is 7.62. The lowest BCUT2D eigenvalue weighted by Gasteiger charge is -2.31. The molecule has 1 fully saturated rings. The van der Waals surface area contributed by atoms with Crippen LogP contribution in [0.2, 0.25) is 18.1 Å². The Hall–Kier alpha value is -0.323. The quantitative estimate of drug-likeness (QED) is 0.713. The van der Waals surface area contributed by atoms with Gasteiger partial charge in [-0.05, 0) is 38.1 Å². The first-order chi connectivity index (χ1) is 8.86. The molecule has 1 heterocycles. The molecule has 0 aromatic heterocycles. The number of hydrogen-bond acceptors (Lipinski definition) is 3. The lowest BCUT2D eigenvalue weighted by Crippen LogP contribution is -2.38. The van der Waals surface area contributed by atoms with E-state index >= 15 is 0 Å². The zero-order valence-electron chi connectivity index (χ0n) is 13.2. The van der Waals surface area contributed by atoms with Crippen LogP contribution in [0.25, 0.3) is 0 Å². The lowest BCUT2D eigenvalue weighted by molar-refractivity contribution is -0.149. The first kappa shape index (κ1) is 15.1. The third kappa shape index (κ3) is 2.76. The van der Waals surface area contributed by atoms with Crippen molar-refractivity contribution in [2.75, 3.05) is 0 Å². The van der Waals surface area contributed by atoms with Gasteiger partial charge in [-0.3, -0.25) is 0 Å². The van der Waals surface area contributed by atoms with E-state index in [9.17, 15) is 0 Å². The van der Waals surface area contributed by atoms with Crippen LogP contribution >= 0.6 is 0 Å². The molecule has 0 saturated carbocycles. The van der Waals surface area contributed by atoms with E-state index in [1.165, 1.54) is 0 Å². The summed E-state index contributed by atoms with van der Waals surface area (Å²) < 4.78 is 18.6. The molecule has 0 N–H and O–H groups in total. The molecule has 2 aliphatic rings. The SMILES string of the molecule is CC[Si](CC)(CC)OC1=C[C@H](C)[C@H]2OC(C)(C)O[C@@H]12. The molecular weight excluding hydrogens is 256 g/mol. The molecule has 1 aliphatic heterocycles. The number of rotatable bonds is 5. The lowest BCUT2D eigenvalue weighted by atomic mass is 10.1. The van der Waals surface area contributed by atoms with Gasteiger partial charge in [0.15, 0.2) is 5.79 Å². The Labute approximate surface area is 118 Å². The van der Waals surface area contributed by atoms with Crippen LogP contribution < -0.4 is 0 Å². The van der Waals surface area contributed by atoms with Gasteiger partial charge in [0.05, 0.1) is 0 Å². The predicted molar refractivity (Wildman–Crippen MR) is 79.4 cm³/mol. The standard InChI is InChI=1S/C15H28O3Si/c1-7-19(8-2,9-3)18-12-10-11(4)13-14(12)17-15(5,6)16-13/h10-11,13-14H,7-9H2,1-6H3/t11-,13+,14-/m0/s1. The summed E-state index contributed by atoms with van der Waals surface area (Å²) in [5, 5.41) is 0. The fourth-order valence-corrected chi connectivity index (χ4v) is 5.77. The van der Waals surface area contributed by atoms with Crippen molar-refractivity contribution in [2.45, 2.75) is 77.7 Å². The minimum absolute atomic E-state index is 0.00141. The second kappa shape index (κ2) is 5.22. The average molecular weight is 284 g/mol. The summed E-state index contributed by atoms with van der Waals surface area (Å²) in [6.45, 7) is 12.9. The molecule has 0 aromatic carbocycles. The van der Waals surface area contributed by atoms with Crippen LogP contribution in [0.1, 0.15) is 41.5 Å². The molecule has 19 heavy (non-hydrogen) atoms. The summed E-state index contributed by atoms with van der Waals surface area (Å²) in [7, 11) is -1.62. The summed E-state index contributed by atoms with van der Waals surface area (Å²) in [6, 6.07) is 3.48. The number of hydrogen-bond donors (Lipinski definition) is 0. The molecule has 3 nitrogen and oxygen atoms in total. The second-order valence-corrected chi connectivity index (χ2v) is 11.0. The van der Waals surface area contributed by atoms with Crippen molar-refractivity contribution < 1.29 is 13.9 Å². The van der Waals surface area contributed by atoms with Gasteiger partial charge in [-0.25, -0.2) is 0 Å². The highest BCUT2D eigenvalue weighted by Gasteiger charge is 2.50. The van der Waals surface area contributed by atoms with Crippen molar-refractivity contribution >= 4 is 8.32 Å². The van der Waals surface area contributed by atoms with Gasteiger partial charge >= 0.3 is 0 Å². The van der Waals surface area contributed by atoms with Crippen molar-refractivity contribution in [3.63, 3.8) is 0 Å². The van der Waals surface area contributed by atoms with Crippen LogP contribution in [0.3, 0.4) is 0 Å². The minimum atomic E-state index is -1.62. The summed E-state index contributed by atoms with van der Waals surface area (Å²) in [6.07, 6.45) is 2.34. The third-order valence-corrected chi connectivity index (χ3v) is 9.16. The average Bonchev–Trinajstić information content (AvgIpc) is 2.83. The van der Waals surface area contributed by atoms with E-state index in [4.69, 9.17) is 13.9 Å². The Morgan fingerprint density at radius 1 is 1.16 bits per heavy atom. The van der Waals surface area contributed by atoms with E-state index in [1.807, 2.05) is 13.8 Å². The van der Waals surface area contributed by atoms with Gasteiger partial charge in [0.2, 0.25) is 8.32 Å². The van der Waals surface area contributed by atoms with E-state index in [0.29, 0.717) is 5.92 Å². The van der Waals surface area contributed by atoms with Gasteiger partial charge in [-0.1, -0.05) is 27.7 Å². The Balaban J connectivity index is 2.15. The zero-order chi connectivity index (χ0) is 14.3. The van der Waals surface area contributed by atoms with E-state index in [2.05, 4.69) is 33.8 Å². The van der Waals surface area contributed by atoms with Gasteiger partial charge in [0.1, 0.15) is 18.0 Å². The van der Waals surface area contributed by atoms with Gasteiger partial charge < -0.3 is 13.9 Å². The van der Waals surface area contributed by atoms with Crippen molar-refractivity contribution in [1.82, 2.24) is 0 Å². The molecular formula is C15H28O3Si. The van der Waals surface area contributed by atoms with Crippen LogP contribution in [-0.2, 0) is 13.9 Å². The molecule has 0 unspecified atom stereocenters. The maximum absolute atomic E-state index is 6.52. The predicted octanol–water partition coefficient (Wildman–Crippen LogP) is 4.06. The number of fused-ring (bicyclic) bond motifs is 1. The zero-order valence-corrected chi connectivity index (χ0v) is 14.2. The maximum Gasteiger partial charge on any atom is 0.250 e. The largest absolute Gasteiger partial charge is 0.545 e. The summed E-state index contributed by atoms with van der Waals surface area (Å²) in [5.41, 5.74) is 0. The topological polar surface area (TPSA) is 27.7 Å². The van der Waals surface area contributed by atoms with E-state index in [1.54, 1.807) is 0 Å². The van der Waals surface area contributed by atoms with Crippen LogP contribution in [0.15, 0.2) is 11.8 Å². The Morgan fingerprint density at radius 3 is 2.26 bits per heavy atom. The highest BCUT2D eigenvalue weighted by molar-refractivity contribution is 6.73. The molecule has 0 radical (unpaired) electrons. The molecule has 2 rings (SSSR count). The monoisotopic (exact) mass is 284 g/mol. The minimum Gasteiger partial charge on any atom is -0.545 e. The normalized spacial score (nSPS) is 33.2. The van der Waals surface area contributed by atoms with E-state index in [-0.39, 0.29) is 12.2 Å². The van der Waals surface area contributed by atoms with Gasteiger partial charge in [-0.15, -0.1) is 0 Å². The van der Waals surface area contributed by atoms with Crippen molar-refractivity contribution in [3.8, 4) is 0 Å². The molecule has 1 aliphatic carbocycles. The van der Waals surface area contributed by atoms with Gasteiger partial charge in [0.25, 0.3) is 0 Å². The number of ether oxygens (including phenoxy) is 2. The van der Waals surface area contributed by atoms with Crippen LogP contribution in [0, 0.1) is 5.92 Å². The Morgan fingerprint density at radius 2 is 1.74 bits per heavy atom. The van der Waals surface area contributed by atoms with Crippen LogP contribution in [0.4, 0.5) is 0 Å². The molecule has 4 heteroatoms. The molecule has 3 atom stereocenters. The summed E-state index contributed by atoms with van der Waals surface area (Å²) in [4.78, 5) is 0. The Kier molecular flexibility index (Phi) is 4.14. The molecule has 0 aromatic rings. The molecule has 0 bridgehead atoms. The molecule has 1 saturated heterocycles. The van der Waals surface area contributed by atoms with Crippen LogP contribution in [0.5, 0.6) is 0 Å². The maximum atomic E-state index is 6.52. The highest BCUT2D eigenvalue weighted by Crippen LogP contribution is 2.43. The third-order valence-electron chi connectivity index (χ3n) is 4.62. The summed E-state index contributed by atoms with van der Waals surface area (Å²) >= 11 is 0. The summed E-state index contributed by atoms with van der Waals surface area (Å²) in [5.74, 6) is 0.931. The fraction of sp³-hybridized carbons (Fsp3) is 0.867. The second-order valence-electron chi connectivity index (χ2n) is 6.29.